The number of anilines is 1. The molecule has 1 aromatic carbocycles. The molecular weight excluding hydrogens is 270 g/mol. The average molecular weight is 289 g/mol. The third kappa shape index (κ3) is 2.75. The minimum atomic E-state index is -0.498. The SMILES string of the molecule is CCC(CO)NC(=O)c1cn(C)c2cccc(N)c2c1=O. The van der Waals surface area contributed by atoms with Crippen molar-refractivity contribution in [2.45, 2.75) is 19.4 Å². The van der Waals surface area contributed by atoms with E-state index < -0.39 is 11.3 Å². The van der Waals surface area contributed by atoms with Gasteiger partial charge in [-0.05, 0) is 18.6 Å². The Labute approximate surface area is 122 Å². The molecule has 1 atom stereocenters. The van der Waals surface area contributed by atoms with E-state index in [0.29, 0.717) is 23.0 Å². The molecule has 1 heterocycles. The van der Waals surface area contributed by atoms with Crippen molar-refractivity contribution in [2.24, 2.45) is 7.05 Å². The van der Waals surface area contributed by atoms with Crippen molar-refractivity contribution in [1.29, 1.82) is 0 Å². The number of hydrogen-bond acceptors (Lipinski definition) is 4. The van der Waals surface area contributed by atoms with Gasteiger partial charge >= 0.3 is 0 Å². The van der Waals surface area contributed by atoms with E-state index in [1.54, 1.807) is 29.8 Å². The zero-order chi connectivity index (χ0) is 15.6. The molecule has 2 rings (SSSR count). The number of aryl methyl sites for hydroxylation is 1. The number of nitrogens with zero attached hydrogens (tertiary/aromatic N) is 1. The van der Waals surface area contributed by atoms with Crippen molar-refractivity contribution in [1.82, 2.24) is 9.88 Å². The molecule has 0 aliphatic carbocycles. The Balaban J connectivity index is 2.56. The number of amides is 1. The fraction of sp³-hybridized carbons (Fsp3) is 0.333. The molecule has 1 unspecified atom stereocenters. The maximum absolute atomic E-state index is 12.5. The first kappa shape index (κ1) is 15.1. The topological polar surface area (TPSA) is 97.3 Å². The molecule has 0 spiro atoms. The summed E-state index contributed by atoms with van der Waals surface area (Å²) in [6.07, 6.45) is 2.07. The number of fused-ring (bicyclic) bond motifs is 1. The largest absolute Gasteiger partial charge is 0.398 e. The van der Waals surface area contributed by atoms with Crippen molar-refractivity contribution in [2.75, 3.05) is 12.3 Å². The van der Waals surface area contributed by atoms with Crippen LogP contribution in [0.25, 0.3) is 10.9 Å². The first-order chi connectivity index (χ1) is 9.99. The molecule has 1 amide bonds. The lowest BCUT2D eigenvalue weighted by molar-refractivity contribution is 0.0913. The lowest BCUT2D eigenvalue weighted by atomic mass is 10.1. The number of carbonyl (C=O) groups is 1. The van der Waals surface area contributed by atoms with Gasteiger partial charge in [0.05, 0.1) is 23.6 Å². The number of nitrogen functional groups attached to an aromatic ring is 1. The molecule has 112 valence electrons. The minimum Gasteiger partial charge on any atom is -0.398 e. The van der Waals surface area contributed by atoms with Crippen LogP contribution in [-0.2, 0) is 7.05 Å². The Bertz CT molecular complexity index is 733. The van der Waals surface area contributed by atoms with Crippen LogP contribution in [0.15, 0.2) is 29.2 Å². The molecule has 0 saturated carbocycles. The van der Waals surface area contributed by atoms with E-state index in [0.717, 1.165) is 0 Å². The number of pyridine rings is 1. The molecule has 6 heteroatoms. The Morgan fingerprint density at radius 3 is 2.81 bits per heavy atom. The van der Waals surface area contributed by atoms with Gasteiger partial charge in [0.15, 0.2) is 0 Å². The summed E-state index contributed by atoms with van der Waals surface area (Å²) < 4.78 is 1.70. The van der Waals surface area contributed by atoms with Crippen LogP contribution >= 0.6 is 0 Å². The van der Waals surface area contributed by atoms with E-state index >= 15 is 0 Å². The smallest absolute Gasteiger partial charge is 0.257 e. The highest BCUT2D eigenvalue weighted by Crippen LogP contribution is 2.17. The summed E-state index contributed by atoms with van der Waals surface area (Å²) in [4.78, 5) is 24.7. The Hall–Kier alpha value is -2.34. The number of hydrogen-bond donors (Lipinski definition) is 3. The van der Waals surface area contributed by atoms with Gasteiger partial charge < -0.3 is 20.7 Å². The van der Waals surface area contributed by atoms with Crippen LogP contribution in [0.4, 0.5) is 5.69 Å². The first-order valence-electron chi connectivity index (χ1n) is 6.79. The summed E-state index contributed by atoms with van der Waals surface area (Å²) in [5.74, 6) is -0.498. The standard InChI is InChI=1S/C15H19N3O3/c1-3-9(8-19)17-15(21)10-7-18(2)12-6-4-5-11(16)13(12)14(10)20/h4-7,9,19H,3,8,16H2,1-2H3,(H,17,21). The van der Waals surface area contributed by atoms with Crippen LogP contribution in [0.2, 0.25) is 0 Å². The zero-order valence-electron chi connectivity index (χ0n) is 12.1. The average Bonchev–Trinajstić information content (AvgIpc) is 2.48. The number of nitrogens with one attached hydrogen (secondary N) is 1. The summed E-state index contributed by atoms with van der Waals surface area (Å²) in [6.45, 7) is 1.68. The monoisotopic (exact) mass is 289 g/mol. The summed E-state index contributed by atoms with van der Waals surface area (Å²) in [6, 6.07) is 4.80. The lowest BCUT2D eigenvalue weighted by Gasteiger charge is -2.15. The van der Waals surface area contributed by atoms with Crippen molar-refractivity contribution >= 4 is 22.5 Å². The van der Waals surface area contributed by atoms with Gasteiger partial charge in [0.1, 0.15) is 5.56 Å². The highest BCUT2D eigenvalue weighted by Gasteiger charge is 2.18. The molecule has 2 aromatic rings. The van der Waals surface area contributed by atoms with Gasteiger partial charge in [0, 0.05) is 18.9 Å². The summed E-state index contributed by atoms with van der Waals surface area (Å²) in [5.41, 5.74) is 6.51. The first-order valence-corrected chi connectivity index (χ1v) is 6.79. The lowest BCUT2D eigenvalue weighted by Crippen LogP contribution is -2.39. The second-order valence-corrected chi connectivity index (χ2v) is 4.99. The van der Waals surface area contributed by atoms with Gasteiger partial charge in [-0.2, -0.15) is 0 Å². The predicted molar refractivity (Wildman–Crippen MR) is 82.2 cm³/mol. The number of aliphatic hydroxyl groups is 1. The number of aliphatic hydroxyl groups excluding tert-OH is 1. The van der Waals surface area contributed by atoms with Crippen molar-refractivity contribution < 1.29 is 9.90 Å². The number of aromatic nitrogens is 1. The Morgan fingerprint density at radius 2 is 2.19 bits per heavy atom. The fourth-order valence-corrected chi connectivity index (χ4v) is 2.26. The Morgan fingerprint density at radius 1 is 1.48 bits per heavy atom. The zero-order valence-corrected chi connectivity index (χ0v) is 12.1. The number of benzene rings is 1. The third-order valence-electron chi connectivity index (χ3n) is 3.54. The molecule has 0 aliphatic heterocycles. The maximum Gasteiger partial charge on any atom is 0.257 e. The van der Waals surface area contributed by atoms with E-state index in [1.165, 1.54) is 6.20 Å². The fourth-order valence-electron chi connectivity index (χ4n) is 2.26. The molecule has 0 radical (unpaired) electrons. The van der Waals surface area contributed by atoms with Crippen LogP contribution in [0.3, 0.4) is 0 Å². The van der Waals surface area contributed by atoms with Gasteiger partial charge in [0.2, 0.25) is 5.43 Å². The minimum absolute atomic E-state index is 0.0230. The van der Waals surface area contributed by atoms with E-state index in [4.69, 9.17) is 10.8 Å². The highest BCUT2D eigenvalue weighted by atomic mass is 16.3. The van der Waals surface area contributed by atoms with Crippen molar-refractivity contribution in [3.8, 4) is 0 Å². The molecule has 21 heavy (non-hydrogen) atoms. The van der Waals surface area contributed by atoms with E-state index in [1.807, 2.05) is 6.92 Å². The van der Waals surface area contributed by atoms with Crippen LogP contribution in [0.5, 0.6) is 0 Å². The predicted octanol–water partition coefficient (Wildman–Crippen LogP) is 0.621. The highest BCUT2D eigenvalue weighted by molar-refractivity contribution is 6.00. The molecule has 0 fully saturated rings. The second-order valence-electron chi connectivity index (χ2n) is 4.99. The van der Waals surface area contributed by atoms with E-state index in [9.17, 15) is 9.59 Å². The van der Waals surface area contributed by atoms with Gasteiger partial charge in [0.25, 0.3) is 5.91 Å². The van der Waals surface area contributed by atoms with Gasteiger partial charge in [-0.25, -0.2) is 0 Å². The number of carbonyl (C=O) groups excluding carboxylic acids is 1. The summed E-state index contributed by atoms with van der Waals surface area (Å²) in [5, 5.41) is 12.1. The van der Waals surface area contributed by atoms with Crippen LogP contribution in [0, 0.1) is 0 Å². The summed E-state index contributed by atoms with van der Waals surface area (Å²) >= 11 is 0. The van der Waals surface area contributed by atoms with Crippen molar-refractivity contribution in [3.63, 3.8) is 0 Å². The molecule has 0 aliphatic rings. The number of nitrogens with two attached hydrogens (primary N) is 1. The van der Waals surface area contributed by atoms with Gasteiger partial charge in [-0.15, -0.1) is 0 Å². The van der Waals surface area contributed by atoms with Gasteiger partial charge in [-0.3, -0.25) is 9.59 Å². The van der Waals surface area contributed by atoms with E-state index in [2.05, 4.69) is 5.32 Å². The maximum atomic E-state index is 12.5. The van der Waals surface area contributed by atoms with Crippen LogP contribution in [-0.4, -0.2) is 28.2 Å². The van der Waals surface area contributed by atoms with Gasteiger partial charge in [-0.1, -0.05) is 13.0 Å². The molecule has 1 aromatic heterocycles. The third-order valence-corrected chi connectivity index (χ3v) is 3.54. The van der Waals surface area contributed by atoms with Crippen LogP contribution in [0.1, 0.15) is 23.7 Å². The van der Waals surface area contributed by atoms with Crippen molar-refractivity contribution in [3.05, 3.63) is 40.2 Å². The Kier molecular flexibility index (Phi) is 4.28. The van der Waals surface area contributed by atoms with Crippen LogP contribution < -0.4 is 16.5 Å². The second kappa shape index (κ2) is 5.97. The summed E-state index contributed by atoms with van der Waals surface area (Å²) in [7, 11) is 1.75. The molecule has 4 N–H and O–H groups in total. The normalized spacial score (nSPS) is 12.3. The molecule has 0 bridgehead atoms. The van der Waals surface area contributed by atoms with E-state index in [-0.39, 0.29) is 18.2 Å². The number of rotatable bonds is 4. The molecule has 6 nitrogen and oxygen atoms in total. The molecular formula is C15H19N3O3. The quantitative estimate of drug-likeness (QED) is 0.719. The molecule has 0 saturated heterocycles.